The molecular weight excluding hydrogens is 212 g/mol. The molecule has 1 atom stereocenters. The molecule has 0 radical (unpaired) electrons. The van der Waals surface area contributed by atoms with Crippen molar-refractivity contribution >= 4 is 17.8 Å². The van der Waals surface area contributed by atoms with Gasteiger partial charge in [-0.15, -0.1) is 0 Å². The Kier molecular flexibility index (Phi) is 1.64. The van der Waals surface area contributed by atoms with E-state index in [0.717, 1.165) is 24.2 Å². The van der Waals surface area contributed by atoms with Crippen LogP contribution in [0.4, 0.5) is 5.69 Å². The Balaban J connectivity index is 1.79. The number of carbonyl (C=O) groups excluding carboxylic acids is 1. The van der Waals surface area contributed by atoms with Crippen molar-refractivity contribution in [2.75, 3.05) is 6.54 Å². The summed E-state index contributed by atoms with van der Waals surface area (Å²) in [5.41, 5.74) is 2.01. The lowest BCUT2D eigenvalue weighted by Gasteiger charge is -2.20. The summed E-state index contributed by atoms with van der Waals surface area (Å²) in [7, 11) is 0. The normalized spacial score (nSPS) is 27.9. The van der Waals surface area contributed by atoms with Crippen LogP contribution in [0.25, 0.3) is 0 Å². The van der Waals surface area contributed by atoms with Gasteiger partial charge in [-0.25, -0.2) is 0 Å². The number of para-hydroxylation sites is 1. The van der Waals surface area contributed by atoms with E-state index >= 15 is 0 Å². The fourth-order valence-electron chi connectivity index (χ4n) is 3.08. The molecule has 4 rings (SSSR count). The molecule has 0 bridgehead atoms. The Labute approximate surface area is 100 Å². The van der Waals surface area contributed by atoms with E-state index in [4.69, 9.17) is 0 Å². The molecular formula is C14H14N2O. The number of fused-ring (bicyclic) bond motifs is 2. The highest BCUT2D eigenvalue weighted by atomic mass is 16.2. The molecule has 1 aliphatic carbocycles. The van der Waals surface area contributed by atoms with Gasteiger partial charge in [-0.2, -0.15) is 0 Å². The van der Waals surface area contributed by atoms with Crippen LogP contribution in [0.5, 0.6) is 0 Å². The standard InChI is InChI=1S/C14H14N2O/c17-13-11-3-1-2-4-12(11)15-8-10-7-14(5-6-14)9-16(10)13/h1-4,8,10H,5-7,9H2. The minimum Gasteiger partial charge on any atom is -0.330 e. The average Bonchev–Trinajstić information content (AvgIpc) is 3.01. The lowest BCUT2D eigenvalue weighted by Crippen LogP contribution is -2.35. The summed E-state index contributed by atoms with van der Waals surface area (Å²) in [6, 6.07) is 7.86. The fourth-order valence-corrected chi connectivity index (χ4v) is 3.08. The second-order valence-electron chi connectivity index (χ2n) is 5.50. The zero-order valence-corrected chi connectivity index (χ0v) is 9.60. The molecule has 1 spiro atoms. The molecule has 2 fully saturated rings. The maximum atomic E-state index is 12.5. The highest BCUT2D eigenvalue weighted by molar-refractivity contribution is 6.02. The maximum Gasteiger partial charge on any atom is 0.256 e. The molecule has 2 aliphatic heterocycles. The van der Waals surface area contributed by atoms with Crippen LogP contribution in [-0.2, 0) is 0 Å². The van der Waals surface area contributed by atoms with Gasteiger partial charge >= 0.3 is 0 Å². The summed E-state index contributed by atoms with van der Waals surface area (Å²) in [5, 5.41) is 0. The van der Waals surface area contributed by atoms with Crippen LogP contribution in [0.1, 0.15) is 29.6 Å². The van der Waals surface area contributed by atoms with Crippen LogP contribution in [0, 0.1) is 5.41 Å². The van der Waals surface area contributed by atoms with Crippen LogP contribution < -0.4 is 0 Å². The predicted octanol–water partition coefficient (Wildman–Crippen LogP) is 2.40. The number of hydrogen-bond acceptors (Lipinski definition) is 2. The SMILES string of the molecule is O=C1c2ccccc2N=CC2CC3(CC3)CN12. The summed E-state index contributed by atoms with van der Waals surface area (Å²) in [6.45, 7) is 0.927. The van der Waals surface area contributed by atoms with E-state index in [1.54, 1.807) is 0 Å². The number of aliphatic imine (C=N–C) groups is 1. The predicted molar refractivity (Wildman–Crippen MR) is 65.7 cm³/mol. The third kappa shape index (κ3) is 1.28. The molecule has 3 aliphatic rings. The van der Waals surface area contributed by atoms with E-state index in [1.165, 1.54) is 12.8 Å². The highest BCUT2D eigenvalue weighted by Gasteiger charge is 2.53. The van der Waals surface area contributed by atoms with Crippen LogP contribution in [0.2, 0.25) is 0 Å². The summed E-state index contributed by atoms with van der Waals surface area (Å²) in [5.74, 6) is 0.159. The van der Waals surface area contributed by atoms with Crippen LogP contribution >= 0.6 is 0 Å². The van der Waals surface area contributed by atoms with E-state index in [9.17, 15) is 4.79 Å². The molecule has 1 saturated carbocycles. The number of benzene rings is 1. The van der Waals surface area contributed by atoms with Crippen molar-refractivity contribution in [1.82, 2.24) is 4.90 Å². The van der Waals surface area contributed by atoms with Gasteiger partial charge in [-0.05, 0) is 36.8 Å². The first-order chi connectivity index (χ1) is 8.27. The molecule has 1 saturated heterocycles. The van der Waals surface area contributed by atoms with E-state index in [2.05, 4.69) is 4.99 Å². The van der Waals surface area contributed by atoms with E-state index in [1.807, 2.05) is 35.4 Å². The summed E-state index contributed by atoms with van der Waals surface area (Å²) in [4.78, 5) is 19.0. The number of hydrogen-bond donors (Lipinski definition) is 0. The van der Waals surface area contributed by atoms with Gasteiger partial charge in [-0.3, -0.25) is 9.79 Å². The molecule has 0 N–H and O–H groups in total. The Bertz CT molecular complexity index is 531. The van der Waals surface area contributed by atoms with Gasteiger partial charge in [-0.1, -0.05) is 12.1 Å². The van der Waals surface area contributed by atoms with Crippen molar-refractivity contribution in [3.63, 3.8) is 0 Å². The van der Waals surface area contributed by atoms with Crippen molar-refractivity contribution in [1.29, 1.82) is 0 Å². The third-order valence-electron chi connectivity index (χ3n) is 4.29. The van der Waals surface area contributed by atoms with E-state index < -0.39 is 0 Å². The second-order valence-corrected chi connectivity index (χ2v) is 5.50. The molecule has 3 nitrogen and oxygen atoms in total. The Morgan fingerprint density at radius 2 is 2.12 bits per heavy atom. The largest absolute Gasteiger partial charge is 0.330 e. The zero-order valence-electron chi connectivity index (χ0n) is 9.60. The number of nitrogens with zero attached hydrogens (tertiary/aromatic N) is 2. The molecule has 1 unspecified atom stereocenters. The van der Waals surface area contributed by atoms with E-state index in [-0.39, 0.29) is 11.9 Å². The molecule has 17 heavy (non-hydrogen) atoms. The van der Waals surface area contributed by atoms with Crippen molar-refractivity contribution in [3.8, 4) is 0 Å². The highest BCUT2D eigenvalue weighted by Crippen LogP contribution is 2.55. The average molecular weight is 226 g/mol. The Hall–Kier alpha value is -1.64. The Morgan fingerprint density at radius 1 is 1.29 bits per heavy atom. The zero-order chi connectivity index (χ0) is 11.5. The van der Waals surface area contributed by atoms with Gasteiger partial charge in [0.05, 0.1) is 17.3 Å². The van der Waals surface area contributed by atoms with Gasteiger partial charge in [0.25, 0.3) is 5.91 Å². The van der Waals surface area contributed by atoms with Crippen molar-refractivity contribution < 1.29 is 4.79 Å². The molecule has 1 aromatic rings. The van der Waals surface area contributed by atoms with Crippen LogP contribution in [-0.4, -0.2) is 29.6 Å². The summed E-state index contributed by atoms with van der Waals surface area (Å²) in [6.07, 6.45) is 5.64. The van der Waals surface area contributed by atoms with Gasteiger partial charge in [0.2, 0.25) is 0 Å². The quantitative estimate of drug-likeness (QED) is 0.668. The first-order valence-corrected chi connectivity index (χ1v) is 6.22. The number of rotatable bonds is 0. The molecule has 0 aromatic heterocycles. The van der Waals surface area contributed by atoms with Gasteiger partial charge in [0.15, 0.2) is 0 Å². The minimum absolute atomic E-state index is 0.159. The summed E-state index contributed by atoms with van der Waals surface area (Å²) < 4.78 is 0. The molecule has 86 valence electrons. The second kappa shape index (κ2) is 2.97. The molecule has 1 aromatic carbocycles. The van der Waals surface area contributed by atoms with Gasteiger partial charge < -0.3 is 4.90 Å². The fraction of sp³-hybridized carbons (Fsp3) is 0.429. The topological polar surface area (TPSA) is 32.7 Å². The monoisotopic (exact) mass is 226 g/mol. The maximum absolute atomic E-state index is 12.5. The molecule has 2 heterocycles. The van der Waals surface area contributed by atoms with Gasteiger partial charge in [0.1, 0.15) is 0 Å². The molecule has 3 heteroatoms. The first kappa shape index (κ1) is 9.40. The lowest BCUT2D eigenvalue weighted by molar-refractivity contribution is 0.0768. The molecule has 1 amide bonds. The number of carbonyl (C=O) groups is 1. The van der Waals surface area contributed by atoms with Crippen molar-refractivity contribution in [2.45, 2.75) is 25.3 Å². The lowest BCUT2D eigenvalue weighted by atomic mass is 10.0. The van der Waals surface area contributed by atoms with E-state index in [0.29, 0.717) is 5.41 Å². The van der Waals surface area contributed by atoms with Crippen molar-refractivity contribution in [3.05, 3.63) is 29.8 Å². The van der Waals surface area contributed by atoms with Gasteiger partial charge in [0, 0.05) is 12.8 Å². The smallest absolute Gasteiger partial charge is 0.256 e. The first-order valence-electron chi connectivity index (χ1n) is 6.22. The van der Waals surface area contributed by atoms with Crippen molar-refractivity contribution in [2.24, 2.45) is 10.4 Å². The number of amides is 1. The van der Waals surface area contributed by atoms with Crippen LogP contribution in [0.15, 0.2) is 29.3 Å². The summed E-state index contributed by atoms with van der Waals surface area (Å²) >= 11 is 0. The third-order valence-corrected chi connectivity index (χ3v) is 4.29. The van der Waals surface area contributed by atoms with Crippen LogP contribution in [0.3, 0.4) is 0 Å². The Morgan fingerprint density at radius 3 is 2.94 bits per heavy atom. The minimum atomic E-state index is 0.159.